The molecule has 4 rings (SSSR count). The van der Waals surface area contributed by atoms with E-state index < -0.39 is 68.7 Å². The molecule has 42 heavy (non-hydrogen) atoms. The van der Waals surface area contributed by atoms with Crippen molar-refractivity contribution in [2.75, 3.05) is 0 Å². The summed E-state index contributed by atoms with van der Waals surface area (Å²) in [6.45, 7) is 0. The van der Waals surface area contributed by atoms with Crippen LogP contribution in [0.1, 0.15) is 22.3 Å². The maximum atomic E-state index is 13.2. The second-order valence-electron chi connectivity index (χ2n) is 8.49. The number of hydrogen-bond acceptors (Lipinski definition) is 0. The van der Waals surface area contributed by atoms with Crippen LogP contribution in [0.25, 0.3) is 0 Å². The smallest absolute Gasteiger partial charge is 0.166 e. The van der Waals surface area contributed by atoms with E-state index in [9.17, 15) is 52.7 Å². The largest absolute Gasteiger partial charge is 0.416 e. The molecule has 0 heterocycles. The van der Waals surface area contributed by atoms with Crippen molar-refractivity contribution in [3.05, 3.63) is 124 Å². The Labute approximate surface area is 247 Å². The van der Waals surface area contributed by atoms with Gasteiger partial charge in [-0.25, -0.2) is 0 Å². The van der Waals surface area contributed by atoms with E-state index in [1.807, 2.05) is 0 Å². The number of alkyl halides is 12. The van der Waals surface area contributed by atoms with Gasteiger partial charge in [-0.15, -0.1) is 0 Å². The summed E-state index contributed by atoms with van der Waals surface area (Å²) in [4.78, 5) is 0. The first-order valence-electron chi connectivity index (χ1n) is 11.4. The van der Waals surface area contributed by atoms with E-state index in [-0.39, 0.29) is 9.81 Å². The van der Waals surface area contributed by atoms with Crippen LogP contribution in [0.3, 0.4) is 0 Å². The van der Waals surface area contributed by atoms with Crippen molar-refractivity contribution in [2.24, 2.45) is 0 Å². The molecular weight excluding hydrogens is 853 g/mol. The van der Waals surface area contributed by atoms with E-state index in [0.29, 0.717) is 4.47 Å². The fourth-order valence-electron chi connectivity index (χ4n) is 3.58. The minimum atomic E-state index is -4.70. The number of rotatable bonds is 3. The maximum Gasteiger partial charge on any atom is 0.416 e. The summed E-state index contributed by atoms with van der Waals surface area (Å²) in [5.74, 6) is 0. The molecule has 0 radical (unpaired) electrons. The van der Waals surface area contributed by atoms with Gasteiger partial charge in [0.25, 0.3) is 0 Å². The predicted molar refractivity (Wildman–Crippen MR) is 138 cm³/mol. The van der Waals surface area contributed by atoms with E-state index in [1.165, 1.54) is 24.3 Å². The van der Waals surface area contributed by atoms with E-state index in [2.05, 4.69) is 15.9 Å². The zero-order valence-corrected chi connectivity index (χ0v) is 25.7. The zero-order valence-electron chi connectivity index (χ0n) is 20.6. The van der Waals surface area contributed by atoms with Crippen LogP contribution >= 0.6 is 15.9 Å². The molecule has 0 unspecified atom stereocenters. The van der Waals surface area contributed by atoms with Gasteiger partial charge in [0.1, 0.15) is 0 Å². The van der Waals surface area contributed by atoms with Crippen molar-refractivity contribution in [1.82, 2.24) is 0 Å². The van der Waals surface area contributed by atoms with E-state index in [0.717, 1.165) is 66.7 Å². The molecule has 0 N–H and O–H groups in total. The van der Waals surface area contributed by atoms with E-state index in [1.54, 1.807) is 6.07 Å². The van der Waals surface area contributed by atoms with Crippen molar-refractivity contribution < 1.29 is 52.7 Å². The van der Waals surface area contributed by atoms with Crippen molar-refractivity contribution in [3.63, 3.8) is 0 Å². The fourth-order valence-corrected chi connectivity index (χ4v) is 13.3. The molecule has 0 atom stereocenters. The Morgan fingerprint density at radius 2 is 0.643 bits per heavy atom. The molecule has 0 nitrogen and oxygen atoms in total. The van der Waals surface area contributed by atoms with Crippen LogP contribution in [0.15, 0.2) is 102 Å². The Hall–Kier alpha value is -2.60. The molecule has 0 spiro atoms. The SMILES string of the molecule is FC(F)(F)c1ccc[c]([Bi]([c]2cccc(C(F)(F)F)c2)[c]2cccc(C(F)(F)F)c2)c1.FC(F)(F)c1cccc(Br)c1. The Morgan fingerprint density at radius 1 is 0.381 bits per heavy atom. The van der Waals surface area contributed by atoms with Crippen LogP contribution in [0.2, 0.25) is 0 Å². The van der Waals surface area contributed by atoms with Crippen LogP contribution in [-0.2, 0) is 24.7 Å². The quantitative estimate of drug-likeness (QED) is 0.143. The van der Waals surface area contributed by atoms with E-state index in [4.69, 9.17) is 0 Å². The average molecular weight is 869 g/mol. The third-order valence-corrected chi connectivity index (χ3v) is 15.2. The number of benzene rings is 4. The molecule has 0 aromatic heterocycles. The van der Waals surface area contributed by atoms with Crippen LogP contribution in [0.5, 0.6) is 0 Å². The Bertz CT molecular complexity index is 1370. The predicted octanol–water partition coefficient (Wildman–Crippen LogP) is 8.73. The standard InChI is InChI=1S/C7H4BrF3.3C7H4F3.Bi/c8-6-3-1-2-5(4-6)7(9,10)11;3*8-7(9,10)6-4-2-1-3-5-6;/h1-4H;3*1-2,4-5H;. The molecule has 0 amide bonds. The second kappa shape index (κ2) is 13.0. The second-order valence-corrected chi connectivity index (χ2v) is 18.0. The van der Waals surface area contributed by atoms with Crippen molar-refractivity contribution in [1.29, 1.82) is 0 Å². The van der Waals surface area contributed by atoms with Crippen molar-refractivity contribution in [3.8, 4) is 0 Å². The molecule has 0 aliphatic rings. The topological polar surface area (TPSA) is 0 Å². The first-order valence-corrected chi connectivity index (χ1v) is 17.4. The third kappa shape index (κ3) is 9.20. The Kier molecular flexibility index (Phi) is 10.5. The normalized spacial score (nSPS) is 12.6. The van der Waals surface area contributed by atoms with Crippen LogP contribution in [0.4, 0.5) is 52.7 Å². The molecule has 4 aromatic rings. The van der Waals surface area contributed by atoms with Gasteiger partial charge in [-0.3, -0.25) is 0 Å². The van der Waals surface area contributed by atoms with Crippen molar-refractivity contribution in [2.45, 2.75) is 24.7 Å². The van der Waals surface area contributed by atoms with Crippen molar-refractivity contribution >= 4 is 47.5 Å². The maximum absolute atomic E-state index is 13.2. The van der Waals surface area contributed by atoms with Gasteiger partial charge < -0.3 is 0 Å². The van der Waals surface area contributed by atoms with Gasteiger partial charge >= 0.3 is 185 Å². The zero-order chi connectivity index (χ0) is 31.5. The molecule has 4 aromatic carbocycles. The summed E-state index contributed by atoms with van der Waals surface area (Å²) in [6.07, 6.45) is -18.4. The monoisotopic (exact) mass is 868 g/mol. The molecule has 0 saturated heterocycles. The summed E-state index contributed by atoms with van der Waals surface area (Å²) in [6, 6.07) is 17.2. The number of hydrogen-bond donors (Lipinski definition) is 0. The molecule has 224 valence electrons. The van der Waals surface area contributed by atoms with Gasteiger partial charge in [-0.2, -0.15) is 13.2 Å². The van der Waals surface area contributed by atoms with Crippen LogP contribution in [-0.4, -0.2) is 21.8 Å². The fraction of sp³-hybridized carbons (Fsp3) is 0.143. The van der Waals surface area contributed by atoms with Gasteiger partial charge in [0.05, 0.1) is 5.56 Å². The summed E-state index contributed by atoms with van der Waals surface area (Å²) in [7, 11) is 0. The van der Waals surface area contributed by atoms with Gasteiger partial charge in [0.2, 0.25) is 0 Å². The summed E-state index contributed by atoms with van der Waals surface area (Å²) >= 11 is -1.00. The molecule has 14 heteroatoms. The van der Waals surface area contributed by atoms with Gasteiger partial charge in [-0.05, 0) is 18.2 Å². The van der Waals surface area contributed by atoms with Crippen LogP contribution < -0.4 is 9.81 Å². The first-order chi connectivity index (χ1) is 19.3. The summed E-state index contributed by atoms with van der Waals surface area (Å²) < 4.78 is 155. The Balaban J connectivity index is 0.000000369. The first kappa shape index (κ1) is 33.9. The Morgan fingerprint density at radius 3 is 0.881 bits per heavy atom. The molecule has 0 fully saturated rings. The molecule has 0 saturated carbocycles. The average Bonchev–Trinajstić information content (AvgIpc) is 2.88. The minimum Gasteiger partial charge on any atom is -0.166 e. The molecule has 0 aliphatic carbocycles. The van der Waals surface area contributed by atoms with Gasteiger partial charge in [-0.1, -0.05) is 22.0 Å². The van der Waals surface area contributed by atoms with Crippen LogP contribution in [0, 0.1) is 0 Å². The van der Waals surface area contributed by atoms with E-state index >= 15 is 0 Å². The van der Waals surface area contributed by atoms with Gasteiger partial charge in [0, 0.05) is 4.47 Å². The molecular formula is C28H16BiBrF12. The molecule has 0 bridgehead atoms. The summed E-state index contributed by atoms with van der Waals surface area (Å²) in [5, 5.41) is 0. The number of halogens is 13. The third-order valence-electron chi connectivity index (χ3n) is 5.45. The van der Waals surface area contributed by atoms with Gasteiger partial charge in [0.15, 0.2) is 0 Å². The minimum absolute atomic E-state index is 0.114. The summed E-state index contributed by atoms with van der Waals surface area (Å²) in [5.41, 5.74) is -3.66. The molecule has 0 aliphatic heterocycles.